The Morgan fingerprint density at radius 1 is 1.37 bits per heavy atom. The second kappa shape index (κ2) is 6.83. The maximum atomic E-state index is 12.5. The molecule has 1 amide bonds. The molecular formula is C15H16N6O5S. The molecule has 4 atom stereocenters. The standard InChI is InChI=1S/C15H16N6O5S/c16-11-8-12(18-5-17-11)21(14-10(24)9(23)6(4-22)26-14)15(19-8)20-13(25)7-2-1-3-27-7/h1-3,5-6,9-10,14,22-24H,4H2,(H2,16,17,18)(H,19,20,25)/t6-,9-,10-,14-/m1/s1. The molecule has 6 N–H and O–H groups in total. The van der Waals surface area contributed by atoms with Crippen LogP contribution in [0, 0.1) is 0 Å². The molecule has 0 unspecified atom stereocenters. The second-order valence-electron chi connectivity index (χ2n) is 5.90. The number of rotatable bonds is 4. The van der Waals surface area contributed by atoms with E-state index < -0.39 is 37.1 Å². The highest BCUT2D eigenvalue weighted by Gasteiger charge is 2.45. The number of thiophene rings is 1. The number of fused-ring (bicyclic) bond motifs is 1. The Morgan fingerprint density at radius 2 is 2.19 bits per heavy atom. The minimum Gasteiger partial charge on any atom is -0.394 e. The molecule has 27 heavy (non-hydrogen) atoms. The van der Waals surface area contributed by atoms with Gasteiger partial charge in [-0.15, -0.1) is 11.3 Å². The summed E-state index contributed by atoms with van der Waals surface area (Å²) in [7, 11) is 0. The number of nitrogens with zero attached hydrogens (tertiary/aromatic N) is 4. The number of hydrogen-bond donors (Lipinski definition) is 5. The molecule has 3 aromatic rings. The molecule has 0 radical (unpaired) electrons. The molecule has 0 bridgehead atoms. The minimum absolute atomic E-state index is 0.0189. The van der Waals surface area contributed by atoms with Crippen molar-refractivity contribution in [3.63, 3.8) is 0 Å². The third-order valence-electron chi connectivity index (χ3n) is 4.25. The van der Waals surface area contributed by atoms with Crippen molar-refractivity contribution >= 4 is 40.2 Å². The first-order chi connectivity index (χ1) is 13.0. The molecule has 0 saturated carbocycles. The molecule has 1 aliphatic rings. The Bertz CT molecular complexity index is 977. The Labute approximate surface area is 156 Å². The molecule has 1 fully saturated rings. The first-order valence-electron chi connectivity index (χ1n) is 7.97. The number of amides is 1. The lowest BCUT2D eigenvalue weighted by molar-refractivity contribution is -0.0501. The van der Waals surface area contributed by atoms with E-state index in [1.165, 1.54) is 22.2 Å². The Kier molecular flexibility index (Phi) is 4.49. The van der Waals surface area contributed by atoms with E-state index in [0.717, 1.165) is 0 Å². The van der Waals surface area contributed by atoms with Gasteiger partial charge in [-0.25, -0.2) is 15.0 Å². The smallest absolute Gasteiger partial charge is 0.268 e. The third-order valence-corrected chi connectivity index (χ3v) is 5.12. The molecular weight excluding hydrogens is 376 g/mol. The number of aromatic nitrogens is 4. The molecule has 1 aliphatic heterocycles. The van der Waals surface area contributed by atoms with E-state index in [-0.39, 0.29) is 22.9 Å². The SMILES string of the molecule is Nc1ncnc2c1nc(NC(=O)c1cccs1)n2[C@@H]1O[C@H](CO)[C@@H](O)[C@H]1O. The van der Waals surface area contributed by atoms with Crippen LogP contribution in [0.2, 0.25) is 0 Å². The molecule has 12 heteroatoms. The van der Waals surface area contributed by atoms with Crippen molar-refractivity contribution in [3.05, 3.63) is 28.7 Å². The van der Waals surface area contributed by atoms with E-state index in [9.17, 15) is 20.1 Å². The van der Waals surface area contributed by atoms with Crippen molar-refractivity contribution in [2.45, 2.75) is 24.5 Å². The third kappa shape index (κ3) is 2.93. The maximum absolute atomic E-state index is 12.5. The van der Waals surface area contributed by atoms with Gasteiger partial charge in [0.2, 0.25) is 5.95 Å². The largest absolute Gasteiger partial charge is 0.394 e. The Hall–Kier alpha value is -2.64. The fourth-order valence-electron chi connectivity index (χ4n) is 2.92. The summed E-state index contributed by atoms with van der Waals surface area (Å²) in [5.74, 6) is -0.317. The lowest BCUT2D eigenvalue weighted by Crippen LogP contribution is -2.33. The maximum Gasteiger partial charge on any atom is 0.268 e. The van der Waals surface area contributed by atoms with Crippen LogP contribution < -0.4 is 11.1 Å². The number of nitrogens with two attached hydrogens (primary N) is 1. The average molecular weight is 392 g/mol. The van der Waals surface area contributed by atoms with Crippen molar-refractivity contribution in [1.29, 1.82) is 0 Å². The van der Waals surface area contributed by atoms with Crippen LogP contribution in [0.3, 0.4) is 0 Å². The topological polar surface area (TPSA) is 169 Å². The second-order valence-corrected chi connectivity index (χ2v) is 6.84. The van der Waals surface area contributed by atoms with Gasteiger partial charge < -0.3 is 25.8 Å². The van der Waals surface area contributed by atoms with Crippen LogP contribution >= 0.6 is 11.3 Å². The number of aliphatic hydroxyl groups excluding tert-OH is 3. The van der Waals surface area contributed by atoms with E-state index >= 15 is 0 Å². The molecule has 142 valence electrons. The monoisotopic (exact) mass is 392 g/mol. The zero-order chi connectivity index (χ0) is 19.1. The number of carbonyl (C=O) groups is 1. The molecule has 1 saturated heterocycles. The highest BCUT2D eigenvalue weighted by Crippen LogP contribution is 2.35. The van der Waals surface area contributed by atoms with Crippen LogP contribution in [0.25, 0.3) is 11.2 Å². The van der Waals surface area contributed by atoms with Gasteiger partial charge in [0.15, 0.2) is 23.2 Å². The lowest BCUT2D eigenvalue weighted by Gasteiger charge is -2.19. The van der Waals surface area contributed by atoms with E-state index in [2.05, 4.69) is 20.3 Å². The fourth-order valence-corrected chi connectivity index (χ4v) is 3.54. The van der Waals surface area contributed by atoms with Gasteiger partial charge >= 0.3 is 0 Å². The summed E-state index contributed by atoms with van der Waals surface area (Å²) >= 11 is 1.25. The van der Waals surface area contributed by atoms with Crippen LogP contribution in [-0.2, 0) is 4.74 Å². The van der Waals surface area contributed by atoms with Gasteiger partial charge in [-0.1, -0.05) is 6.07 Å². The summed E-state index contributed by atoms with van der Waals surface area (Å²) < 4.78 is 6.89. The number of nitrogen functional groups attached to an aromatic ring is 1. The normalized spacial score (nSPS) is 25.1. The van der Waals surface area contributed by atoms with Gasteiger partial charge in [0.05, 0.1) is 11.5 Å². The van der Waals surface area contributed by atoms with Crippen molar-refractivity contribution < 1.29 is 24.9 Å². The van der Waals surface area contributed by atoms with Crippen LogP contribution in [0.1, 0.15) is 15.9 Å². The van der Waals surface area contributed by atoms with E-state index in [0.29, 0.717) is 4.88 Å². The molecule has 4 rings (SSSR count). The lowest BCUT2D eigenvalue weighted by atomic mass is 10.1. The predicted octanol–water partition coefficient (Wildman–Crippen LogP) is -0.666. The first-order valence-corrected chi connectivity index (χ1v) is 8.85. The van der Waals surface area contributed by atoms with E-state index in [1.807, 2.05) is 0 Å². The number of ether oxygens (including phenoxy) is 1. The number of aliphatic hydroxyl groups is 3. The highest BCUT2D eigenvalue weighted by molar-refractivity contribution is 7.12. The summed E-state index contributed by atoms with van der Waals surface area (Å²) in [5, 5.41) is 34.2. The Balaban J connectivity index is 1.80. The van der Waals surface area contributed by atoms with E-state index in [4.69, 9.17) is 10.5 Å². The van der Waals surface area contributed by atoms with Crippen molar-refractivity contribution in [2.75, 3.05) is 17.7 Å². The molecule has 11 nitrogen and oxygen atoms in total. The summed E-state index contributed by atoms with van der Waals surface area (Å²) in [4.78, 5) is 25.2. The fraction of sp³-hybridized carbons (Fsp3) is 0.333. The molecule has 3 aromatic heterocycles. The molecule has 0 aliphatic carbocycles. The summed E-state index contributed by atoms with van der Waals surface area (Å²) in [5.41, 5.74) is 6.26. The molecule has 0 spiro atoms. The number of imidazole rings is 1. The zero-order valence-corrected chi connectivity index (χ0v) is 14.6. The first kappa shape index (κ1) is 17.8. The highest BCUT2D eigenvalue weighted by atomic mass is 32.1. The van der Waals surface area contributed by atoms with Gasteiger partial charge in [-0.2, -0.15) is 0 Å². The minimum atomic E-state index is -1.38. The average Bonchev–Trinajstić information content (AvgIpc) is 3.36. The van der Waals surface area contributed by atoms with Gasteiger partial charge in [0.25, 0.3) is 5.91 Å². The number of anilines is 2. The number of hydrogen-bond acceptors (Lipinski definition) is 10. The molecule has 0 aromatic carbocycles. The van der Waals surface area contributed by atoms with E-state index in [1.54, 1.807) is 17.5 Å². The van der Waals surface area contributed by atoms with Crippen molar-refractivity contribution in [1.82, 2.24) is 19.5 Å². The summed E-state index contributed by atoms with van der Waals surface area (Å²) in [6, 6.07) is 3.38. The summed E-state index contributed by atoms with van der Waals surface area (Å²) in [6.45, 7) is -0.491. The number of carbonyl (C=O) groups excluding carboxylic acids is 1. The molecule has 4 heterocycles. The quantitative estimate of drug-likeness (QED) is 0.387. The number of nitrogens with one attached hydrogen (secondary N) is 1. The van der Waals surface area contributed by atoms with Crippen LogP contribution in [0.4, 0.5) is 11.8 Å². The van der Waals surface area contributed by atoms with Crippen LogP contribution in [-0.4, -0.2) is 65.7 Å². The van der Waals surface area contributed by atoms with Gasteiger partial charge in [-0.05, 0) is 11.4 Å². The van der Waals surface area contributed by atoms with Crippen molar-refractivity contribution in [3.8, 4) is 0 Å². The Morgan fingerprint density at radius 3 is 2.85 bits per heavy atom. The van der Waals surface area contributed by atoms with Crippen LogP contribution in [0.15, 0.2) is 23.8 Å². The van der Waals surface area contributed by atoms with Crippen molar-refractivity contribution in [2.24, 2.45) is 0 Å². The zero-order valence-electron chi connectivity index (χ0n) is 13.8. The van der Waals surface area contributed by atoms with Gasteiger partial charge in [0.1, 0.15) is 24.6 Å². The van der Waals surface area contributed by atoms with Gasteiger partial charge in [0, 0.05) is 0 Å². The van der Waals surface area contributed by atoms with Gasteiger partial charge in [-0.3, -0.25) is 14.7 Å². The summed E-state index contributed by atoms with van der Waals surface area (Å²) in [6.07, 6.45) is -3.63. The predicted molar refractivity (Wildman–Crippen MR) is 95.0 cm³/mol. The van der Waals surface area contributed by atoms with Crippen LogP contribution in [0.5, 0.6) is 0 Å².